The number of halogens is 1. The molecular weight excluding hydrogens is 284 g/mol. The summed E-state index contributed by atoms with van der Waals surface area (Å²) in [7, 11) is -3.47. The van der Waals surface area contributed by atoms with Gasteiger partial charge in [0, 0.05) is 17.1 Å². The zero-order chi connectivity index (χ0) is 13.7. The SMILES string of the molecule is CC1(NS(=O)(=O)c2ccc3cnc(Cl)cc3c2)CC1. The fourth-order valence-corrected chi connectivity index (χ4v) is 3.60. The van der Waals surface area contributed by atoms with Crippen molar-refractivity contribution in [3.05, 3.63) is 35.6 Å². The molecule has 0 bridgehead atoms. The number of hydrogen-bond donors (Lipinski definition) is 1. The standard InChI is InChI=1S/C13H13ClN2O2S/c1-13(4-5-13)16-19(17,18)11-3-2-9-8-15-12(14)7-10(9)6-11/h2-3,6-8,16H,4-5H2,1H3. The molecule has 0 radical (unpaired) electrons. The van der Waals surface area contributed by atoms with E-state index in [2.05, 4.69) is 9.71 Å². The van der Waals surface area contributed by atoms with Gasteiger partial charge in [-0.2, -0.15) is 0 Å². The van der Waals surface area contributed by atoms with Gasteiger partial charge in [-0.25, -0.2) is 18.1 Å². The van der Waals surface area contributed by atoms with E-state index in [1.165, 1.54) is 0 Å². The third kappa shape index (κ3) is 2.59. The van der Waals surface area contributed by atoms with Crippen molar-refractivity contribution in [2.45, 2.75) is 30.2 Å². The largest absolute Gasteiger partial charge is 0.244 e. The molecule has 100 valence electrons. The average Bonchev–Trinajstić information content (AvgIpc) is 3.04. The lowest BCUT2D eigenvalue weighted by atomic mass is 10.2. The van der Waals surface area contributed by atoms with Crippen LogP contribution in [0.3, 0.4) is 0 Å². The highest BCUT2D eigenvalue weighted by atomic mass is 35.5. The van der Waals surface area contributed by atoms with Crippen molar-refractivity contribution < 1.29 is 8.42 Å². The molecule has 19 heavy (non-hydrogen) atoms. The van der Waals surface area contributed by atoms with Gasteiger partial charge in [-0.1, -0.05) is 17.7 Å². The van der Waals surface area contributed by atoms with Crippen molar-refractivity contribution in [1.29, 1.82) is 0 Å². The minimum absolute atomic E-state index is 0.260. The Morgan fingerprint density at radius 2 is 2.00 bits per heavy atom. The van der Waals surface area contributed by atoms with Gasteiger partial charge in [-0.15, -0.1) is 0 Å². The van der Waals surface area contributed by atoms with Crippen LogP contribution in [0.2, 0.25) is 5.15 Å². The first-order chi connectivity index (χ1) is 8.88. The van der Waals surface area contributed by atoms with E-state index >= 15 is 0 Å². The van der Waals surface area contributed by atoms with Crippen LogP contribution in [-0.2, 0) is 10.0 Å². The van der Waals surface area contributed by atoms with E-state index in [0.717, 1.165) is 23.6 Å². The molecule has 3 rings (SSSR count). The Morgan fingerprint density at radius 1 is 1.26 bits per heavy atom. The van der Waals surface area contributed by atoms with Gasteiger partial charge in [0.1, 0.15) is 5.15 Å². The lowest BCUT2D eigenvalue weighted by Gasteiger charge is -2.12. The van der Waals surface area contributed by atoms with Gasteiger partial charge in [0.05, 0.1) is 4.90 Å². The van der Waals surface area contributed by atoms with Crippen LogP contribution in [-0.4, -0.2) is 18.9 Å². The van der Waals surface area contributed by atoms with E-state index in [1.54, 1.807) is 30.5 Å². The maximum Gasteiger partial charge on any atom is 0.241 e. The number of sulfonamides is 1. The molecule has 2 aromatic rings. The summed E-state index contributed by atoms with van der Waals surface area (Å²) in [5.74, 6) is 0. The molecule has 0 unspecified atom stereocenters. The molecule has 0 saturated heterocycles. The quantitative estimate of drug-likeness (QED) is 0.886. The second kappa shape index (κ2) is 4.16. The van der Waals surface area contributed by atoms with Gasteiger partial charge in [-0.3, -0.25) is 0 Å². The maximum absolute atomic E-state index is 12.3. The highest BCUT2D eigenvalue weighted by Crippen LogP contribution is 2.36. The van der Waals surface area contributed by atoms with Crippen molar-refractivity contribution in [1.82, 2.24) is 9.71 Å². The molecule has 1 aliphatic carbocycles. The third-order valence-corrected chi connectivity index (χ3v) is 5.19. The Hall–Kier alpha value is -1.17. The van der Waals surface area contributed by atoms with E-state index in [-0.39, 0.29) is 10.4 Å². The van der Waals surface area contributed by atoms with Crippen LogP contribution in [0.15, 0.2) is 35.4 Å². The summed E-state index contributed by atoms with van der Waals surface area (Å²) >= 11 is 5.83. The molecule has 0 atom stereocenters. The Balaban J connectivity index is 2.05. The molecule has 1 aromatic carbocycles. The van der Waals surface area contributed by atoms with Crippen molar-refractivity contribution >= 4 is 32.4 Å². The van der Waals surface area contributed by atoms with Gasteiger partial charge >= 0.3 is 0 Å². The van der Waals surface area contributed by atoms with Gasteiger partial charge in [0.25, 0.3) is 0 Å². The summed E-state index contributed by atoms with van der Waals surface area (Å²) in [4.78, 5) is 4.23. The van der Waals surface area contributed by atoms with Crippen LogP contribution in [0.5, 0.6) is 0 Å². The lowest BCUT2D eigenvalue weighted by molar-refractivity contribution is 0.558. The van der Waals surface area contributed by atoms with Crippen molar-refractivity contribution in [3.8, 4) is 0 Å². The average molecular weight is 297 g/mol. The highest BCUT2D eigenvalue weighted by molar-refractivity contribution is 7.89. The van der Waals surface area contributed by atoms with Gasteiger partial charge < -0.3 is 0 Å². The molecule has 0 amide bonds. The van der Waals surface area contributed by atoms with E-state index in [4.69, 9.17) is 11.6 Å². The molecule has 6 heteroatoms. The normalized spacial score (nSPS) is 17.6. The Kier molecular flexibility index (Phi) is 2.81. The number of rotatable bonds is 3. The summed E-state index contributed by atoms with van der Waals surface area (Å²) in [5.41, 5.74) is -0.274. The number of fused-ring (bicyclic) bond motifs is 1. The molecule has 0 spiro atoms. The summed E-state index contributed by atoms with van der Waals surface area (Å²) < 4.78 is 27.2. The molecular formula is C13H13ClN2O2S. The van der Waals surface area contributed by atoms with E-state index < -0.39 is 10.0 Å². The number of nitrogens with one attached hydrogen (secondary N) is 1. The van der Waals surface area contributed by atoms with Crippen LogP contribution in [0.1, 0.15) is 19.8 Å². The minimum Gasteiger partial charge on any atom is -0.244 e. The fourth-order valence-electron chi connectivity index (χ4n) is 1.93. The van der Waals surface area contributed by atoms with E-state index in [0.29, 0.717) is 5.15 Å². The Morgan fingerprint density at radius 3 is 2.68 bits per heavy atom. The number of aromatic nitrogens is 1. The first-order valence-electron chi connectivity index (χ1n) is 5.97. The van der Waals surface area contributed by atoms with Crippen LogP contribution >= 0.6 is 11.6 Å². The van der Waals surface area contributed by atoms with E-state index in [1.807, 2.05) is 6.92 Å². The van der Waals surface area contributed by atoms with Crippen molar-refractivity contribution in [2.24, 2.45) is 0 Å². The van der Waals surface area contributed by atoms with Crippen LogP contribution in [0.4, 0.5) is 0 Å². The monoisotopic (exact) mass is 296 g/mol. The predicted octanol–water partition coefficient (Wildman–Crippen LogP) is 2.72. The zero-order valence-electron chi connectivity index (χ0n) is 10.4. The topological polar surface area (TPSA) is 59.1 Å². The van der Waals surface area contributed by atoms with E-state index in [9.17, 15) is 8.42 Å². The first kappa shape index (κ1) is 12.8. The molecule has 4 nitrogen and oxygen atoms in total. The van der Waals surface area contributed by atoms with Gasteiger partial charge in [0.15, 0.2) is 0 Å². The fraction of sp³-hybridized carbons (Fsp3) is 0.308. The molecule has 1 heterocycles. The molecule has 1 saturated carbocycles. The molecule has 1 fully saturated rings. The Bertz CT molecular complexity index is 754. The summed E-state index contributed by atoms with van der Waals surface area (Å²) in [6.45, 7) is 1.91. The Labute approximate surface area is 116 Å². The summed E-state index contributed by atoms with van der Waals surface area (Å²) in [6, 6.07) is 6.61. The molecule has 1 aliphatic rings. The number of hydrogen-bond acceptors (Lipinski definition) is 3. The smallest absolute Gasteiger partial charge is 0.241 e. The summed E-state index contributed by atoms with van der Waals surface area (Å²) in [5, 5.41) is 1.98. The van der Waals surface area contributed by atoms with Crippen LogP contribution < -0.4 is 4.72 Å². The molecule has 1 N–H and O–H groups in total. The van der Waals surface area contributed by atoms with Crippen LogP contribution in [0.25, 0.3) is 10.8 Å². The molecule has 0 aliphatic heterocycles. The van der Waals surface area contributed by atoms with Crippen molar-refractivity contribution in [3.63, 3.8) is 0 Å². The highest BCUT2D eigenvalue weighted by Gasteiger charge is 2.41. The maximum atomic E-state index is 12.3. The second-order valence-corrected chi connectivity index (χ2v) is 7.25. The minimum atomic E-state index is -3.47. The summed E-state index contributed by atoms with van der Waals surface area (Å²) in [6.07, 6.45) is 3.40. The zero-order valence-corrected chi connectivity index (χ0v) is 11.9. The third-order valence-electron chi connectivity index (χ3n) is 3.35. The first-order valence-corrected chi connectivity index (χ1v) is 7.83. The van der Waals surface area contributed by atoms with Gasteiger partial charge in [0.2, 0.25) is 10.0 Å². The second-order valence-electron chi connectivity index (χ2n) is 5.18. The number of benzene rings is 1. The number of nitrogens with zero attached hydrogens (tertiary/aromatic N) is 1. The molecule has 1 aromatic heterocycles. The lowest BCUT2D eigenvalue weighted by Crippen LogP contribution is -2.34. The number of pyridine rings is 1. The van der Waals surface area contributed by atoms with Crippen LogP contribution in [0, 0.1) is 0 Å². The van der Waals surface area contributed by atoms with Gasteiger partial charge in [-0.05, 0) is 43.4 Å². The van der Waals surface area contributed by atoms with Crippen molar-refractivity contribution in [2.75, 3.05) is 0 Å². The predicted molar refractivity (Wildman–Crippen MR) is 74.7 cm³/mol.